The zero-order chi connectivity index (χ0) is 41.0. The van der Waals surface area contributed by atoms with Crippen molar-refractivity contribution in [2.24, 2.45) is 0 Å². The summed E-state index contributed by atoms with van der Waals surface area (Å²) in [7, 11) is 0. The van der Waals surface area contributed by atoms with Gasteiger partial charge in [-0.3, -0.25) is 9.59 Å². The van der Waals surface area contributed by atoms with E-state index in [1.807, 2.05) is 38.1 Å². The molecule has 0 heterocycles. The minimum Gasteiger partial charge on any atom is -0.427 e. The van der Waals surface area contributed by atoms with Crippen molar-refractivity contribution in [2.75, 3.05) is 13.6 Å². The summed E-state index contributed by atoms with van der Waals surface area (Å²) in [5, 5.41) is 0. The molecule has 5 rings (SSSR count). The first-order valence-electron chi connectivity index (χ1n) is 17.5. The first kappa shape index (κ1) is 51.8. The predicted octanol–water partition coefficient (Wildman–Crippen LogP) is 10.0. The molecule has 0 atom stereocenters. The molecule has 1 aliphatic carbocycles. The van der Waals surface area contributed by atoms with Gasteiger partial charge in [0.1, 0.15) is 23.0 Å². The lowest BCUT2D eigenvalue weighted by Crippen LogP contribution is -2.16. The van der Waals surface area contributed by atoms with Gasteiger partial charge in [0.25, 0.3) is 0 Å². The highest BCUT2D eigenvalue weighted by Gasteiger charge is 2.36. The molecule has 61 heavy (non-hydrogen) atoms. The van der Waals surface area contributed by atoms with Crippen molar-refractivity contribution in [3.63, 3.8) is 0 Å². The molecule has 4 aromatic rings. The van der Waals surface area contributed by atoms with Crippen molar-refractivity contribution in [1.82, 2.24) is 0 Å². The van der Waals surface area contributed by atoms with E-state index >= 15 is 0 Å². The van der Waals surface area contributed by atoms with E-state index in [4.69, 9.17) is 18.9 Å². The number of aryl methyl sites for hydroxylation is 2. The Bertz CT molecular complexity index is 2020. The molecule has 14 heteroatoms. The van der Waals surface area contributed by atoms with E-state index in [0.29, 0.717) is 24.3 Å². The highest BCUT2D eigenvalue weighted by molar-refractivity contribution is 5.84. The molecule has 0 saturated carbocycles. The highest BCUT2D eigenvalue weighted by atomic mass is 16.8. The average Bonchev–Trinajstić information content (AvgIpc) is 3.41. The van der Waals surface area contributed by atoms with Crippen LogP contribution >= 0.6 is 0 Å². The molecule has 0 bridgehead atoms. The number of benzene rings is 4. The Hall–Kier alpha value is -7.22. The molecule has 14 nitrogen and oxygen atoms in total. The Kier molecular flexibility index (Phi) is 20.4. The maximum atomic E-state index is 12.8. The van der Waals surface area contributed by atoms with Gasteiger partial charge in [0.15, 0.2) is 0 Å². The third kappa shape index (κ3) is 14.5. The number of ether oxygens (including phenoxy) is 8. The fourth-order valence-electron chi connectivity index (χ4n) is 5.77. The van der Waals surface area contributed by atoms with Gasteiger partial charge >= 0.3 is 36.2 Å². The quantitative estimate of drug-likeness (QED) is 0.0342. The third-order valence-corrected chi connectivity index (χ3v) is 8.66. The Morgan fingerprint density at radius 3 is 1.18 bits per heavy atom. The van der Waals surface area contributed by atoms with E-state index in [-0.39, 0.29) is 54.0 Å². The summed E-state index contributed by atoms with van der Waals surface area (Å²) in [4.78, 5) is 71.1. The fraction of sp³-hybridized carbons (Fsp3) is 0.277. The topological polar surface area (TPSA) is 176 Å². The van der Waals surface area contributed by atoms with Gasteiger partial charge in [-0.15, -0.1) is 0 Å². The summed E-state index contributed by atoms with van der Waals surface area (Å²) >= 11 is 0. The van der Waals surface area contributed by atoms with Crippen molar-refractivity contribution in [3.05, 3.63) is 132 Å². The van der Waals surface area contributed by atoms with E-state index < -0.39 is 55.2 Å². The predicted molar refractivity (Wildman–Crippen MR) is 228 cm³/mol. The van der Waals surface area contributed by atoms with E-state index in [9.17, 15) is 28.8 Å². The van der Waals surface area contributed by atoms with Crippen LogP contribution in [-0.2, 0) is 56.4 Å². The molecule has 326 valence electrons. The van der Waals surface area contributed by atoms with E-state index in [1.165, 1.54) is 0 Å². The lowest BCUT2D eigenvalue weighted by Gasteiger charge is -2.22. The minimum absolute atomic E-state index is 0. The Morgan fingerprint density at radius 1 is 0.492 bits per heavy atom. The normalized spacial score (nSPS) is 11.0. The molecular formula is C47H54O14. The van der Waals surface area contributed by atoms with Crippen LogP contribution in [0.3, 0.4) is 0 Å². The maximum Gasteiger partial charge on any atom is 0.516 e. The number of hydrogen-bond donors (Lipinski definition) is 0. The summed E-state index contributed by atoms with van der Waals surface area (Å²) in [5.74, 6) is -1.12. The van der Waals surface area contributed by atoms with Gasteiger partial charge in [0.05, 0.1) is 0 Å². The second-order valence-electron chi connectivity index (χ2n) is 12.8. The zero-order valence-corrected chi connectivity index (χ0v) is 31.1. The molecule has 0 saturated heterocycles. The summed E-state index contributed by atoms with van der Waals surface area (Å²) in [6.07, 6.45) is 0.718. The van der Waals surface area contributed by atoms with Crippen LogP contribution in [0.25, 0.3) is 11.1 Å². The minimum atomic E-state index is -1.05. The largest absolute Gasteiger partial charge is 0.516 e. The van der Waals surface area contributed by atoms with Gasteiger partial charge < -0.3 is 37.9 Å². The molecule has 0 aliphatic heterocycles. The number of fused-ring (bicyclic) bond motifs is 3. The first-order chi connectivity index (χ1) is 27.3. The molecule has 0 aromatic heterocycles. The number of rotatable bonds is 16. The molecule has 0 unspecified atom stereocenters. The molecule has 0 amide bonds. The SMILES string of the molecule is C.C.C.C.C=CC(=O)OCOC(=O)Oc1ccc(CCC(=O)Oc2ccc3c(c2)C(C)(C)c2cc(OC(=O)CCc4ccc(OC(=O)OCOC(=O)C=C)cc4)ccc2-3)cc1. The summed E-state index contributed by atoms with van der Waals surface area (Å²) < 4.78 is 39.9. The van der Waals surface area contributed by atoms with Gasteiger partial charge in [-0.05, 0) is 94.8 Å². The van der Waals surface area contributed by atoms with E-state index in [1.54, 1.807) is 60.7 Å². The lowest BCUT2D eigenvalue weighted by molar-refractivity contribution is -0.147. The first-order valence-corrected chi connectivity index (χ1v) is 17.5. The smallest absolute Gasteiger partial charge is 0.427 e. The highest BCUT2D eigenvalue weighted by Crippen LogP contribution is 2.50. The molecule has 0 N–H and O–H groups in total. The number of hydrogen-bond acceptors (Lipinski definition) is 14. The van der Waals surface area contributed by atoms with Crippen molar-refractivity contribution >= 4 is 36.2 Å². The second-order valence-corrected chi connectivity index (χ2v) is 12.8. The second kappa shape index (κ2) is 24.0. The maximum absolute atomic E-state index is 12.8. The molecule has 4 aromatic carbocycles. The van der Waals surface area contributed by atoms with Crippen molar-refractivity contribution in [2.45, 2.75) is 74.7 Å². The van der Waals surface area contributed by atoms with Crippen LogP contribution in [0, 0.1) is 0 Å². The standard InChI is InChI=1S/C43H38O14.4CH4/c1-5-37(44)50-25-52-41(48)56-29-13-7-27(8-14-29)11-21-39(46)54-31-17-19-33-34-20-18-32(24-36(34)43(3,4)35(33)23-31)55-40(47)22-12-28-9-15-30(16-10-28)57-42(49)53-26-51-38(45)6-2;;;;/h5-10,13-20,23-24H,1-2,11-12,21-22,25-26H2,3-4H3;4*1H4. The van der Waals surface area contributed by atoms with Gasteiger partial charge in [0.2, 0.25) is 13.6 Å². The Labute approximate surface area is 357 Å². The van der Waals surface area contributed by atoms with Crippen molar-refractivity contribution < 1.29 is 66.7 Å². The number of esters is 4. The summed E-state index contributed by atoms with van der Waals surface area (Å²) in [5.41, 5.74) is 4.99. The van der Waals surface area contributed by atoms with Gasteiger partial charge in [0, 0.05) is 30.4 Å². The van der Waals surface area contributed by atoms with Crippen LogP contribution < -0.4 is 18.9 Å². The molecule has 0 fully saturated rings. The molecule has 1 aliphatic rings. The monoisotopic (exact) mass is 842 g/mol. The van der Waals surface area contributed by atoms with Crippen LogP contribution in [0.5, 0.6) is 23.0 Å². The van der Waals surface area contributed by atoms with Crippen molar-refractivity contribution in [3.8, 4) is 34.1 Å². The van der Waals surface area contributed by atoms with Crippen LogP contribution in [0.1, 0.15) is 78.6 Å². The summed E-state index contributed by atoms with van der Waals surface area (Å²) in [6.45, 7) is 9.34. The number of carbonyl (C=O) groups excluding carboxylic acids is 6. The van der Waals surface area contributed by atoms with Gasteiger partial charge in [-0.1, -0.05) is 93.1 Å². The average molecular weight is 843 g/mol. The van der Waals surface area contributed by atoms with Crippen molar-refractivity contribution in [1.29, 1.82) is 0 Å². The third-order valence-electron chi connectivity index (χ3n) is 8.66. The van der Waals surface area contributed by atoms with Crippen LogP contribution in [0.2, 0.25) is 0 Å². The van der Waals surface area contributed by atoms with Gasteiger partial charge in [-0.2, -0.15) is 0 Å². The number of carbonyl (C=O) groups is 6. The molecule has 0 spiro atoms. The Morgan fingerprint density at radius 2 is 0.836 bits per heavy atom. The van der Waals surface area contributed by atoms with E-state index in [0.717, 1.165) is 45.5 Å². The summed E-state index contributed by atoms with van der Waals surface area (Å²) in [6, 6.07) is 24.0. The van der Waals surface area contributed by atoms with E-state index in [2.05, 4.69) is 32.1 Å². The molecule has 0 radical (unpaired) electrons. The Balaban J connectivity index is 0.00000465. The van der Waals surface area contributed by atoms with Gasteiger partial charge in [-0.25, -0.2) is 19.2 Å². The van der Waals surface area contributed by atoms with Crippen LogP contribution in [-0.4, -0.2) is 49.8 Å². The zero-order valence-electron chi connectivity index (χ0n) is 31.1. The van der Waals surface area contributed by atoms with Crippen LogP contribution in [0.4, 0.5) is 9.59 Å². The lowest BCUT2D eigenvalue weighted by atomic mass is 9.82. The fourth-order valence-corrected chi connectivity index (χ4v) is 5.77. The van der Waals surface area contributed by atoms with Crippen LogP contribution in [0.15, 0.2) is 110 Å². The molecular weight excluding hydrogens is 789 g/mol.